The minimum Gasteiger partial charge on any atom is -0.390 e. The summed E-state index contributed by atoms with van der Waals surface area (Å²) in [6.45, 7) is 8.47. The van der Waals surface area contributed by atoms with Crippen LogP contribution in [0.25, 0.3) is 0 Å². The molecule has 0 aromatic carbocycles. The summed E-state index contributed by atoms with van der Waals surface area (Å²) in [6, 6.07) is 0. The highest BCUT2D eigenvalue weighted by Gasteiger charge is 2.22. The molecule has 0 radical (unpaired) electrons. The van der Waals surface area contributed by atoms with Gasteiger partial charge in [-0.15, -0.1) is 0 Å². The molecule has 92 valence electrons. The zero-order chi connectivity index (χ0) is 12.0. The highest BCUT2D eigenvalue weighted by molar-refractivity contribution is 4.92. The van der Waals surface area contributed by atoms with Crippen LogP contribution in [-0.4, -0.2) is 38.6 Å². The molecule has 1 aromatic heterocycles. The van der Waals surface area contributed by atoms with Crippen molar-refractivity contribution in [1.29, 1.82) is 0 Å². The van der Waals surface area contributed by atoms with E-state index in [1.54, 1.807) is 6.33 Å². The summed E-state index contributed by atoms with van der Waals surface area (Å²) >= 11 is 0. The summed E-state index contributed by atoms with van der Waals surface area (Å²) < 4.78 is 1.82. The lowest BCUT2D eigenvalue weighted by Gasteiger charge is -2.22. The highest BCUT2D eigenvalue weighted by Crippen LogP contribution is 2.14. The fourth-order valence-corrected chi connectivity index (χ4v) is 1.65. The lowest BCUT2D eigenvalue weighted by molar-refractivity contribution is 0.0486. The van der Waals surface area contributed by atoms with Crippen molar-refractivity contribution in [2.24, 2.45) is 0 Å². The Morgan fingerprint density at radius 1 is 1.50 bits per heavy atom. The summed E-state index contributed by atoms with van der Waals surface area (Å²) in [6.07, 6.45) is 2.81. The van der Waals surface area contributed by atoms with Crippen molar-refractivity contribution in [3.8, 4) is 0 Å². The summed E-state index contributed by atoms with van der Waals surface area (Å²) in [5.74, 6) is 0.851. The molecule has 5 heteroatoms. The van der Waals surface area contributed by atoms with E-state index in [0.717, 1.165) is 31.9 Å². The number of aryl methyl sites for hydroxylation is 1. The van der Waals surface area contributed by atoms with Crippen LogP contribution in [0, 0.1) is 0 Å². The van der Waals surface area contributed by atoms with Crippen LogP contribution in [0.5, 0.6) is 0 Å². The van der Waals surface area contributed by atoms with Gasteiger partial charge in [0.2, 0.25) is 0 Å². The number of rotatable bonds is 7. The minimum atomic E-state index is -0.720. The van der Waals surface area contributed by atoms with Gasteiger partial charge in [-0.2, -0.15) is 5.10 Å². The van der Waals surface area contributed by atoms with E-state index in [-0.39, 0.29) is 0 Å². The van der Waals surface area contributed by atoms with E-state index in [4.69, 9.17) is 0 Å². The molecule has 0 amide bonds. The van der Waals surface area contributed by atoms with Gasteiger partial charge in [0.25, 0.3) is 0 Å². The van der Waals surface area contributed by atoms with Crippen LogP contribution in [0.15, 0.2) is 6.33 Å². The van der Waals surface area contributed by atoms with Crippen molar-refractivity contribution in [3.05, 3.63) is 12.2 Å². The molecule has 0 bridgehead atoms. The third kappa shape index (κ3) is 3.90. The third-order valence-electron chi connectivity index (χ3n) is 2.62. The monoisotopic (exact) mass is 226 g/mol. The van der Waals surface area contributed by atoms with E-state index in [2.05, 4.69) is 22.3 Å². The molecule has 1 rings (SSSR count). The molecule has 0 spiro atoms. The number of aromatic nitrogens is 3. The third-order valence-corrected chi connectivity index (χ3v) is 2.62. The van der Waals surface area contributed by atoms with Gasteiger partial charge in [0.05, 0.1) is 5.60 Å². The summed E-state index contributed by atoms with van der Waals surface area (Å²) in [7, 11) is 0. The highest BCUT2D eigenvalue weighted by atomic mass is 16.3. The molecule has 1 unspecified atom stereocenters. The molecule has 5 nitrogen and oxygen atoms in total. The molecule has 0 fully saturated rings. The summed E-state index contributed by atoms with van der Waals surface area (Å²) in [4.78, 5) is 4.17. The lowest BCUT2D eigenvalue weighted by atomic mass is 9.97. The maximum atomic E-state index is 10.2. The SMILES string of the molecule is CCNCCC(C)(O)Cc1ncnn1CC. The first kappa shape index (κ1) is 13.1. The van der Waals surface area contributed by atoms with E-state index < -0.39 is 5.60 Å². The minimum absolute atomic E-state index is 0.548. The largest absolute Gasteiger partial charge is 0.390 e. The van der Waals surface area contributed by atoms with Crippen LogP contribution in [-0.2, 0) is 13.0 Å². The van der Waals surface area contributed by atoms with E-state index in [0.29, 0.717) is 6.42 Å². The van der Waals surface area contributed by atoms with Crippen LogP contribution < -0.4 is 5.32 Å². The molecule has 0 saturated carbocycles. The van der Waals surface area contributed by atoms with Crippen LogP contribution in [0.3, 0.4) is 0 Å². The van der Waals surface area contributed by atoms with Gasteiger partial charge in [0.15, 0.2) is 0 Å². The number of aliphatic hydroxyl groups is 1. The van der Waals surface area contributed by atoms with Crippen molar-refractivity contribution >= 4 is 0 Å². The molecule has 0 aliphatic heterocycles. The zero-order valence-electron chi connectivity index (χ0n) is 10.4. The second kappa shape index (κ2) is 5.96. The molecule has 16 heavy (non-hydrogen) atoms. The Morgan fingerprint density at radius 3 is 2.88 bits per heavy atom. The lowest BCUT2D eigenvalue weighted by Crippen LogP contribution is -2.33. The molecule has 1 atom stereocenters. The topological polar surface area (TPSA) is 63.0 Å². The molecule has 0 aliphatic carbocycles. The fraction of sp³-hybridized carbons (Fsp3) is 0.818. The first-order valence-electron chi connectivity index (χ1n) is 5.89. The Kier molecular flexibility index (Phi) is 4.89. The van der Waals surface area contributed by atoms with Crippen molar-refractivity contribution in [2.75, 3.05) is 13.1 Å². The van der Waals surface area contributed by atoms with Crippen molar-refractivity contribution in [3.63, 3.8) is 0 Å². The van der Waals surface area contributed by atoms with Gasteiger partial charge in [-0.3, -0.25) is 4.68 Å². The molecular formula is C11H22N4O. The van der Waals surface area contributed by atoms with Gasteiger partial charge in [-0.1, -0.05) is 6.92 Å². The Bertz CT molecular complexity index is 309. The standard InChI is InChI=1S/C11H22N4O/c1-4-12-7-6-11(3,16)8-10-13-9-14-15(10)5-2/h9,12,16H,4-8H2,1-3H3. The van der Waals surface area contributed by atoms with Gasteiger partial charge in [0, 0.05) is 13.0 Å². The summed E-state index contributed by atoms with van der Waals surface area (Å²) in [5, 5.41) is 17.5. The Hall–Kier alpha value is -0.940. The van der Waals surface area contributed by atoms with Crippen molar-refractivity contribution in [2.45, 2.75) is 45.8 Å². The van der Waals surface area contributed by atoms with Gasteiger partial charge in [-0.25, -0.2) is 4.98 Å². The van der Waals surface area contributed by atoms with Crippen LogP contribution in [0.2, 0.25) is 0 Å². The van der Waals surface area contributed by atoms with Gasteiger partial charge < -0.3 is 10.4 Å². The molecule has 1 aromatic rings. The Labute approximate surface area is 96.9 Å². The molecular weight excluding hydrogens is 204 g/mol. The predicted molar refractivity (Wildman–Crippen MR) is 63.2 cm³/mol. The molecule has 0 saturated heterocycles. The number of hydrogen-bond donors (Lipinski definition) is 2. The van der Waals surface area contributed by atoms with Gasteiger partial charge in [-0.05, 0) is 33.4 Å². The maximum Gasteiger partial charge on any atom is 0.138 e. The van der Waals surface area contributed by atoms with Crippen LogP contribution in [0.1, 0.15) is 33.0 Å². The molecule has 0 aliphatic rings. The second-order valence-electron chi connectivity index (χ2n) is 4.27. The average Bonchev–Trinajstić information content (AvgIpc) is 2.64. The van der Waals surface area contributed by atoms with Crippen LogP contribution in [0.4, 0.5) is 0 Å². The van der Waals surface area contributed by atoms with Crippen molar-refractivity contribution in [1.82, 2.24) is 20.1 Å². The summed E-state index contributed by atoms with van der Waals surface area (Å²) in [5.41, 5.74) is -0.720. The first-order chi connectivity index (χ1) is 7.59. The average molecular weight is 226 g/mol. The van der Waals surface area contributed by atoms with Crippen molar-refractivity contribution < 1.29 is 5.11 Å². The van der Waals surface area contributed by atoms with Crippen LogP contribution >= 0.6 is 0 Å². The Balaban J connectivity index is 2.51. The fourth-order valence-electron chi connectivity index (χ4n) is 1.65. The number of nitrogens with zero attached hydrogens (tertiary/aromatic N) is 3. The molecule has 1 heterocycles. The number of hydrogen-bond acceptors (Lipinski definition) is 4. The Morgan fingerprint density at radius 2 is 2.25 bits per heavy atom. The van der Waals surface area contributed by atoms with E-state index in [1.165, 1.54) is 0 Å². The first-order valence-corrected chi connectivity index (χ1v) is 5.89. The normalized spacial score (nSPS) is 15.0. The number of nitrogens with one attached hydrogen (secondary N) is 1. The quantitative estimate of drug-likeness (QED) is 0.668. The van der Waals surface area contributed by atoms with Gasteiger partial charge in [0.1, 0.15) is 12.2 Å². The second-order valence-corrected chi connectivity index (χ2v) is 4.27. The predicted octanol–water partition coefficient (Wildman–Crippen LogP) is 0.591. The zero-order valence-corrected chi connectivity index (χ0v) is 10.4. The smallest absolute Gasteiger partial charge is 0.138 e. The maximum absolute atomic E-state index is 10.2. The van der Waals surface area contributed by atoms with E-state index in [9.17, 15) is 5.11 Å². The molecule has 2 N–H and O–H groups in total. The van der Waals surface area contributed by atoms with E-state index >= 15 is 0 Å². The van der Waals surface area contributed by atoms with Gasteiger partial charge >= 0.3 is 0 Å². The van der Waals surface area contributed by atoms with E-state index in [1.807, 2.05) is 18.5 Å².